The van der Waals surface area contributed by atoms with Crippen molar-refractivity contribution in [2.75, 3.05) is 12.3 Å². The number of hydrogen-bond acceptors (Lipinski definition) is 8. The van der Waals surface area contributed by atoms with Gasteiger partial charge in [-0.1, -0.05) is 12.1 Å². The van der Waals surface area contributed by atoms with E-state index in [-0.39, 0.29) is 29.3 Å². The Bertz CT molecular complexity index is 1340. The summed E-state index contributed by atoms with van der Waals surface area (Å²) in [6.07, 6.45) is -8.01. The second-order valence-corrected chi connectivity index (χ2v) is 8.47. The summed E-state index contributed by atoms with van der Waals surface area (Å²) in [5.74, 6) is -5.66. The van der Waals surface area contributed by atoms with Gasteiger partial charge in [0, 0.05) is 17.7 Å². The van der Waals surface area contributed by atoms with Crippen molar-refractivity contribution >= 4 is 23.6 Å². The van der Waals surface area contributed by atoms with Crippen LogP contribution in [0.4, 0.5) is 32.2 Å². The first-order chi connectivity index (χ1) is 17.8. The molecule has 1 aromatic carbocycles. The van der Waals surface area contributed by atoms with E-state index >= 15 is 0 Å². The molecule has 1 atom stereocenters. The third-order valence-corrected chi connectivity index (χ3v) is 5.63. The Kier molecular flexibility index (Phi) is 8.46. The highest BCUT2D eigenvalue weighted by Crippen LogP contribution is 2.44. The van der Waals surface area contributed by atoms with Gasteiger partial charge in [0.05, 0.1) is 23.4 Å². The first-order valence-corrected chi connectivity index (χ1v) is 10.6. The molecule has 0 bridgehead atoms. The Labute approximate surface area is 215 Å². The second-order valence-electron chi connectivity index (χ2n) is 8.47. The zero-order valence-electron chi connectivity index (χ0n) is 19.8. The molecule has 11 nitrogen and oxygen atoms in total. The Morgan fingerprint density at radius 2 is 1.74 bits per heavy atom. The zero-order chi connectivity index (χ0) is 30.0. The Morgan fingerprint density at radius 1 is 1.18 bits per heavy atom. The van der Waals surface area contributed by atoms with E-state index in [1.54, 1.807) is 6.92 Å². The number of halogens is 6. The number of aromatic nitrogens is 2. The molecule has 17 heteroatoms. The number of nitrogen functional groups attached to an aromatic ring is 1. The first kappa shape index (κ1) is 30.8. The van der Waals surface area contributed by atoms with E-state index in [9.17, 15) is 41.0 Å². The van der Waals surface area contributed by atoms with Crippen molar-refractivity contribution in [1.29, 1.82) is 5.26 Å². The van der Waals surface area contributed by atoms with Gasteiger partial charge in [0.1, 0.15) is 0 Å². The van der Waals surface area contributed by atoms with Gasteiger partial charge in [0.25, 0.3) is 17.4 Å². The molecule has 1 aliphatic rings. The Hall–Kier alpha value is -4.46. The highest BCUT2D eigenvalue weighted by molar-refractivity contribution is 5.97. The summed E-state index contributed by atoms with van der Waals surface area (Å²) in [5.41, 5.74) is 5.45. The summed E-state index contributed by atoms with van der Waals surface area (Å²) < 4.78 is 72.1. The van der Waals surface area contributed by atoms with Gasteiger partial charge in [-0.25, -0.2) is 14.8 Å². The van der Waals surface area contributed by atoms with Gasteiger partial charge in [0.15, 0.2) is 11.5 Å². The molecule has 7 N–H and O–H groups in total. The number of carboxylic acid groups (broad SMARTS) is 1. The lowest BCUT2D eigenvalue weighted by Crippen LogP contribution is -2.52. The SMILES string of the molecule is Cc1ccc(C(O)(C(N)=O)C(F)(F)F)cc1-c1cnc(N)c(C(=O)NCC2(C#N)CC2)n1.O=C(O)C(F)(F)F. The molecule has 1 aliphatic carbocycles. The molecule has 1 fully saturated rings. The second kappa shape index (κ2) is 10.7. The van der Waals surface area contributed by atoms with E-state index in [1.807, 2.05) is 0 Å². The van der Waals surface area contributed by atoms with Gasteiger partial charge in [-0.05, 0) is 31.4 Å². The number of nitrogens with two attached hydrogens (primary N) is 2. The molecule has 0 aliphatic heterocycles. The summed E-state index contributed by atoms with van der Waals surface area (Å²) in [7, 11) is 0. The van der Waals surface area contributed by atoms with E-state index in [0.29, 0.717) is 18.4 Å². The van der Waals surface area contributed by atoms with Crippen molar-refractivity contribution in [3.63, 3.8) is 0 Å². The van der Waals surface area contributed by atoms with Gasteiger partial charge >= 0.3 is 18.3 Å². The fourth-order valence-electron chi connectivity index (χ4n) is 3.08. The van der Waals surface area contributed by atoms with Crippen LogP contribution in [0.3, 0.4) is 0 Å². The van der Waals surface area contributed by atoms with E-state index in [1.165, 1.54) is 6.07 Å². The average Bonchev–Trinajstić information content (AvgIpc) is 3.62. The lowest BCUT2D eigenvalue weighted by molar-refractivity contribution is -0.255. The highest BCUT2D eigenvalue weighted by atomic mass is 19.4. The van der Waals surface area contributed by atoms with Crippen molar-refractivity contribution in [3.05, 3.63) is 41.2 Å². The number of carboxylic acids is 1. The number of carbonyl (C=O) groups excluding carboxylic acids is 2. The smallest absolute Gasteiger partial charge is 0.475 e. The Morgan fingerprint density at radius 3 is 2.18 bits per heavy atom. The molecule has 0 radical (unpaired) electrons. The number of anilines is 1. The lowest BCUT2D eigenvalue weighted by Gasteiger charge is -2.28. The minimum atomic E-state index is -5.37. The number of carbonyl (C=O) groups is 3. The van der Waals surface area contributed by atoms with Crippen LogP contribution in [0.1, 0.15) is 34.5 Å². The van der Waals surface area contributed by atoms with Crippen molar-refractivity contribution < 1.29 is 50.9 Å². The lowest BCUT2D eigenvalue weighted by atomic mass is 9.89. The molecule has 0 spiro atoms. The van der Waals surface area contributed by atoms with Crippen LogP contribution in [0.25, 0.3) is 11.3 Å². The number of aliphatic carboxylic acids is 1. The van der Waals surface area contributed by atoms with Crippen LogP contribution < -0.4 is 16.8 Å². The van der Waals surface area contributed by atoms with Gasteiger partial charge in [-0.2, -0.15) is 31.6 Å². The van der Waals surface area contributed by atoms with Gasteiger partial charge in [0.2, 0.25) is 0 Å². The number of primary amides is 1. The number of nitriles is 1. The maximum atomic E-state index is 13.4. The largest absolute Gasteiger partial charge is 0.490 e. The quantitative estimate of drug-likeness (QED) is 0.326. The van der Waals surface area contributed by atoms with Crippen LogP contribution in [-0.2, 0) is 15.2 Å². The van der Waals surface area contributed by atoms with Gasteiger partial charge in [-0.3, -0.25) is 9.59 Å². The molecule has 0 saturated heterocycles. The number of amides is 2. The predicted molar refractivity (Wildman–Crippen MR) is 119 cm³/mol. The van der Waals surface area contributed by atoms with Crippen LogP contribution in [-0.4, -0.2) is 56.9 Å². The number of benzene rings is 1. The first-order valence-electron chi connectivity index (χ1n) is 10.6. The maximum Gasteiger partial charge on any atom is 0.490 e. The number of hydrogen-bond donors (Lipinski definition) is 5. The summed E-state index contributed by atoms with van der Waals surface area (Å²) in [4.78, 5) is 40.9. The normalized spacial score (nSPS) is 15.6. The molecular formula is C22H20F6N6O5. The van der Waals surface area contributed by atoms with E-state index in [0.717, 1.165) is 18.3 Å². The molecule has 210 valence electrons. The van der Waals surface area contributed by atoms with Crippen molar-refractivity contribution in [1.82, 2.24) is 15.3 Å². The number of alkyl halides is 6. The minimum Gasteiger partial charge on any atom is -0.475 e. The summed E-state index contributed by atoms with van der Waals surface area (Å²) >= 11 is 0. The molecule has 1 unspecified atom stereocenters. The number of nitrogens with zero attached hydrogens (tertiary/aromatic N) is 3. The third-order valence-electron chi connectivity index (χ3n) is 5.63. The number of nitrogens with one attached hydrogen (secondary N) is 1. The monoisotopic (exact) mass is 562 g/mol. The molecule has 2 aromatic rings. The molecule has 2 amide bonds. The van der Waals surface area contributed by atoms with Crippen molar-refractivity contribution in [2.45, 2.75) is 37.7 Å². The van der Waals surface area contributed by atoms with Crippen LogP contribution >= 0.6 is 0 Å². The fraction of sp³-hybridized carbons (Fsp3) is 0.364. The fourth-order valence-corrected chi connectivity index (χ4v) is 3.08. The number of aliphatic hydroxyl groups is 1. The third kappa shape index (κ3) is 6.71. The summed E-state index contributed by atoms with van der Waals surface area (Å²) in [6, 6.07) is 5.20. The van der Waals surface area contributed by atoms with E-state index < -0.39 is 46.7 Å². The maximum absolute atomic E-state index is 13.4. The zero-order valence-corrected chi connectivity index (χ0v) is 19.8. The predicted octanol–water partition coefficient (Wildman–Crippen LogP) is 1.94. The minimum absolute atomic E-state index is 0.0147. The van der Waals surface area contributed by atoms with Crippen LogP contribution in [0.2, 0.25) is 0 Å². The van der Waals surface area contributed by atoms with Crippen molar-refractivity contribution in [3.8, 4) is 17.3 Å². The standard InChI is InChI=1S/C20H19F3N6O3.C2HF3O2/c1-10-2-3-11(19(32,17(26)31)20(21,22)23)6-12(10)13-7-27-15(25)14(29-13)16(30)28-9-18(8-24)4-5-18;3-2(4,5)1(6)7/h2-3,6-7,32H,4-5,9H2,1H3,(H2,25,27)(H2,26,31)(H,28,30);(H,6,7). The molecule has 1 saturated carbocycles. The molecule has 1 aromatic heterocycles. The molecule has 1 heterocycles. The van der Waals surface area contributed by atoms with Gasteiger partial charge in [-0.15, -0.1) is 0 Å². The average molecular weight is 562 g/mol. The summed E-state index contributed by atoms with van der Waals surface area (Å²) in [5, 5.41) is 28.9. The topological polar surface area (TPSA) is 205 Å². The van der Waals surface area contributed by atoms with Crippen molar-refractivity contribution in [2.24, 2.45) is 11.1 Å². The van der Waals surface area contributed by atoms with Gasteiger partial charge < -0.3 is 27.0 Å². The molecular weight excluding hydrogens is 542 g/mol. The van der Waals surface area contributed by atoms with Crippen LogP contribution in [0.15, 0.2) is 24.4 Å². The highest BCUT2D eigenvalue weighted by Gasteiger charge is 2.60. The van der Waals surface area contributed by atoms with E-state index in [2.05, 4.69) is 21.4 Å². The van der Waals surface area contributed by atoms with E-state index in [4.69, 9.17) is 26.6 Å². The Balaban J connectivity index is 0.000000673. The molecule has 3 rings (SSSR count). The van der Waals surface area contributed by atoms with Crippen LogP contribution in [0, 0.1) is 23.7 Å². The number of aryl methyl sites for hydroxylation is 1. The van der Waals surface area contributed by atoms with Crippen LogP contribution in [0.5, 0.6) is 0 Å². The number of rotatable bonds is 6. The molecule has 39 heavy (non-hydrogen) atoms. The summed E-state index contributed by atoms with van der Waals surface area (Å²) in [6.45, 7) is 1.65.